The summed E-state index contributed by atoms with van der Waals surface area (Å²) in [6, 6.07) is 11.5. The summed E-state index contributed by atoms with van der Waals surface area (Å²) in [6.07, 6.45) is -3.58. The number of methoxy groups -OCH3 is 1. The number of nitrogens with one attached hydrogen (secondary N) is 1. The maximum Gasteiger partial charge on any atom is 0.340 e. The molecule has 4 heterocycles. The SMILES string of the molecule is CCO[C@H]1C[C@H]2CCC(c3ccc(C(=O)O[C@H]4O[C@H](C(=O)O)[C@@H](O)[C@H](O)[C@H]4O)cc3)(C1)N2Cc1c(OC)cc(C)c2[nH]ccc12. The second-order valence-corrected chi connectivity index (χ2v) is 12.2. The molecule has 3 aromatic rings. The zero-order valence-corrected chi connectivity index (χ0v) is 25.5. The summed E-state index contributed by atoms with van der Waals surface area (Å²) >= 11 is 0. The van der Waals surface area contributed by atoms with Crippen LogP contribution in [0.3, 0.4) is 0 Å². The van der Waals surface area contributed by atoms with Crippen LogP contribution in [0, 0.1) is 6.92 Å². The first-order chi connectivity index (χ1) is 21.6. The molecule has 242 valence electrons. The molecular weight excluding hydrogens is 584 g/mol. The molecule has 0 spiro atoms. The number of carboxylic acid groups (broad SMARTS) is 1. The van der Waals surface area contributed by atoms with Gasteiger partial charge in [0, 0.05) is 47.4 Å². The Balaban J connectivity index is 1.28. The minimum atomic E-state index is -1.88. The number of aryl methyl sites for hydroxylation is 1. The van der Waals surface area contributed by atoms with E-state index in [1.807, 2.05) is 25.3 Å². The topological polar surface area (TPSA) is 171 Å². The van der Waals surface area contributed by atoms with Crippen LogP contribution in [0.15, 0.2) is 42.6 Å². The summed E-state index contributed by atoms with van der Waals surface area (Å²) in [4.78, 5) is 30.4. The van der Waals surface area contributed by atoms with Crippen molar-refractivity contribution in [1.82, 2.24) is 9.88 Å². The first kappa shape index (κ1) is 31.5. The molecule has 0 aliphatic carbocycles. The van der Waals surface area contributed by atoms with Crippen LogP contribution >= 0.6 is 0 Å². The number of ether oxygens (including phenoxy) is 4. The summed E-state index contributed by atoms with van der Waals surface area (Å²) in [6.45, 7) is 5.36. The van der Waals surface area contributed by atoms with E-state index in [4.69, 9.17) is 18.9 Å². The molecule has 0 radical (unpaired) electrons. The van der Waals surface area contributed by atoms with Crippen LogP contribution in [0.5, 0.6) is 5.75 Å². The number of aliphatic hydroxyl groups is 3. The van der Waals surface area contributed by atoms with E-state index >= 15 is 0 Å². The fraction of sp³-hybridized carbons (Fsp3) is 0.515. The number of carbonyl (C=O) groups is 2. The van der Waals surface area contributed by atoms with Crippen LogP contribution in [0.1, 0.15) is 59.7 Å². The van der Waals surface area contributed by atoms with Crippen molar-refractivity contribution in [3.8, 4) is 5.75 Å². The molecule has 1 aromatic heterocycles. The van der Waals surface area contributed by atoms with Crippen LogP contribution in [0.25, 0.3) is 10.9 Å². The van der Waals surface area contributed by atoms with Gasteiger partial charge >= 0.3 is 11.9 Å². The van der Waals surface area contributed by atoms with Crippen molar-refractivity contribution in [2.45, 2.75) is 94.5 Å². The van der Waals surface area contributed by atoms with E-state index in [-0.39, 0.29) is 23.2 Å². The minimum absolute atomic E-state index is 0.0875. The molecule has 3 saturated heterocycles. The van der Waals surface area contributed by atoms with Crippen molar-refractivity contribution in [2.75, 3.05) is 13.7 Å². The lowest BCUT2D eigenvalue weighted by molar-refractivity contribution is -0.278. The van der Waals surface area contributed by atoms with Gasteiger partial charge < -0.3 is 44.4 Å². The number of aromatic nitrogens is 1. The number of rotatable bonds is 9. The first-order valence-corrected chi connectivity index (χ1v) is 15.3. The Bertz CT molecular complexity index is 1560. The summed E-state index contributed by atoms with van der Waals surface area (Å²) in [7, 11) is 1.70. The molecule has 2 aromatic carbocycles. The Hall–Kier alpha value is -3.52. The monoisotopic (exact) mass is 624 g/mol. The average molecular weight is 625 g/mol. The van der Waals surface area contributed by atoms with E-state index in [2.05, 4.69) is 28.9 Å². The second-order valence-electron chi connectivity index (χ2n) is 12.2. The third-order valence-corrected chi connectivity index (χ3v) is 9.74. The lowest BCUT2D eigenvalue weighted by Gasteiger charge is -2.48. The number of aliphatic carboxylic acids is 1. The van der Waals surface area contributed by atoms with Crippen molar-refractivity contribution in [1.29, 1.82) is 0 Å². The molecule has 3 aliphatic rings. The number of carboxylic acids is 1. The number of esters is 1. The fourth-order valence-electron chi connectivity index (χ4n) is 7.54. The third kappa shape index (κ3) is 5.49. The Labute approximate surface area is 260 Å². The van der Waals surface area contributed by atoms with Crippen molar-refractivity contribution in [3.05, 3.63) is 64.8 Å². The number of aliphatic hydroxyl groups excluding tert-OH is 3. The molecule has 12 heteroatoms. The average Bonchev–Trinajstić information content (AvgIpc) is 3.60. The lowest BCUT2D eigenvalue weighted by Crippen LogP contribution is -2.60. The predicted octanol–water partition coefficient (Wildman–Crippen LogP) is 2.59. The van der Waals surface area contributed by atoms with Gasteiger partial charge in [-0.1, -0.05) is 12.1 Å². The molecule has 45 heavy (non-hydrogen) atoms. The Morgan fingerprint density at radius 2 is 1.87 bits per heavy atom. The van der Waals surface area contributed by atoms with Crippen LogP contribution in [0.4, 0.5) is 0 Å². The predicted molar refractivity (Wildman–Crippen MR) is 161 cm³/mol. The van der Waals surface area contributed by atoms with Gasteiger partial charge in [-0.15, -0.1) is 0 Å². The van der Waals surface area contributed by atoms with Gasteiger partial charge in [0.15, 0.2) is 6.10 Å². The summed E-state index contributed by atoms with van der Waals surface area (Å²) in [5.74, 6) is -1.59. The van der Waals surface area contributed by atoms with Gasteiger partial charge in [-0.2, -0.15) is 0 Å². The molecular formula is C33H40N2O10. The molecule has 8 atom stereocenters. The Kier molecular flexibility index (Phi) is 8.63. The molecule has 0 amide bonds. The van der Waals surface area contributed by atoms with Gasteiger partial charge in [-0.05, 0) is 74.9 Å². The van der Waals surface area contributed by atoms with Crippen molar-refractivity contribution >= 4 is 22.8 Å². The number of H-pyrrole nitrogens is 1. The number of hydrogen-bond acceptors (Lipinski definition) is 10. The number of aromatic amines is 1. The highest BCUT2D eigenvalue weighted by atomic mass is 16.7. The van der Waals surface area contributed by atoms with Gasteiger partial charge in [0.05, 0.1) is 18.8 Å². The molecule has 6 rings (SSSR count). The number of carbonyl (C=O) groups excluding carboxylic acids is 1. The van der Waals surface area contributed by atoms with E-state index in [1.54, 1.807) is 19.2 Å². The molecule has 3 fully saturated rings. The molecule has 2 bridgehead atoms. The summed E-state index contributed by atoms with van der Waals surface area (Å²) < 4.78 is 22.4. The maximum atomic E-state index is 13.1. The molecule has 3 aliphatic heterocycles. The zero-order valence-electron chi connectivity index (χ0n) is 25.5. The van der Waals surface area contributed by atoms with Crippen LogP contribution in [-0.4, -0.2) is 98.8 Å². The molecule has 12 nitrogen and oxygen atoms in total. The standard InChI is InChI=1S/C33H40N2O10/c1-4-43-21-14-20-9-11-33(15-21,35(20)16-23-22-10-12-34-25(22)17(2)13-24(23)42-3)19-7-5-18(6-8-19)31(41)45-32-28(38)26(36)27(37)29(44-32)30(39)40/h5-8,10,12-13,20-21,26-29,32,34,36-38H,4,9,11,14-16H2,1-3H3,(H,39,40)/t20-,21+,26+,27+,28-,29+,32-,33?/m1/s1. The van der Waals surface area contributed by atoms with Crippen molar-refractivity contribution in [3.63, 3.8) is 0 Å². The fourth-order valence-corrected chi connectivity index (χ4v) is 7.54. The zero-order chi connectivity index (χ0) is 32.0. The van der Waals surface area contributed by atoms with Gasteiger partial charge in [-0.25, -0.2) is 9.59 Å². The summed E-state index contributed by atoms with van der Waals surface area (Å²) in [5, 5.41) is 40.7. The van der Waals surface area contributed by atoms with E-state index < -0.39 is 42.6 Å². The van der Waals surface area contributed by atoms with Gasteiger partial charge in [0.1, 0.15) is 24.1 Å². The number of piperidine rings is 1. The quantitative estimate of drug-likeness (QED) is 0.222. The van der Waals surface area contributed by atoms with Gasteiger partial charge in [0.2, 0.25) is 6.29 Å². The normalized spacial score (nSPS) is 31.6. The molecule has 1 unspecified atom stereocenters. The van der Waals surface area contributed by atoms with Crippen molar-refractivity contribution in [2.24, 2.45) is 0 Å². The largest absolute Gasteiger partial charge is 0.496 e. The van der Waals surface area contributed by atoms with Gasteiger partial charge in [-0.3, -0.25) is 4.90 Å². The lowest BCUT2D eigenvalue weighted by atomic mass is 9.79. The summed E-state index contributed by atoms with van der Waals surface area (Å²) in [5.41, 5.74) is 4.14. The number of nitrogens with zero attached hydrogens (tertiary/aromatic N) is 1. The van der Waals surface area contributed by atoms with Crippen LogP contribution in [0.2, 0.25) is 0 Å². The number of benzene rings is 2. The Morgan fingerprint density at radius 1 is 1.11 bits per heavy atom. The highest BCUT2D eigenvalue weighted by molar-refractivity contribution is 5.90. The van der Waals surface area contributed by atoms with E-state index in [9.17, 15) is 30.0 Å². The number of hydrogen-bond donors (Lipinski definition) is 5. The second kappa shape index (κ2) is 12.3. The van der Waals surface area contributed by atoms with Crippen LogP contribution < -0.4 is 4.74 Å². The van der Waals surface area contributed by atoms with Gasteiger partial charge in [0.25, 0.3) is 0 Å². The minimum Gasteiger partial charge on any atom is -0.496 e. The Morgan fingerprint density at radius 3 is 2.56 bits per heavy atom. The molecule has 0 saturated carbocycles. The third-order valence-electron chi connectivity index (χ3n) is 9.74. The van der Waals surface area contributed by atoms with E-state index in [1.165, 1.54) is 0 Å². The van der Waals surface area contributed by atoms with Crippen LogP contribution in [-0.2, 0) is 31.1 Å². The number of fused-ring (bicyclic) bond motifs is 3. The van der Waals surface area contributed by atoms with E-state index in [0.29, 0.717) is 13.2 Å². The van der Waals surface area contributed by atoms with E-state index in [0.717, 1.165) is 59.0 Å². The smallest absolute Gasteiger partial charge is 0.340 e. The highest BCUT2D eigenvalue weighted by Crippen LogP contribution is 2.53. The molecule has 5 N–H and O–H groups in total. The first-order valence-electron chi connectivity index (χ1n) is 15.3. The maximum absolute atomic E-state index is 13.1. The highest BCUT2D eigenvalue weighted by Gasteiger charge is 2.53. The van der Waals surface area contributed by atoms with Crippen molar-refractivity contribution < 1.29 is 49.0 Å².